The van der Waals surface area contributed by atoms with Gasteiger partial charge < -0.3 is 15.2 Å². The summed E-state index contributed by atoms with van der Waals surface area (Å²) in [6, 6.07) is 16.6. The third-order valence-corrected chi connectivity index (χ3v) is 4.76. The second-order valence-corrected chi connectivity index (χ2v) is 6.66. The number of methoxy groups -OCH3 is 1. The highest BCUT2D eigenvalue weighted by atomic mass is 16.5. The predicted molar refractivity (Wildman–Crippen MR) is 101 cm³/mol. The van der Waals surface area contributed by atoms with Gasteiger partial charge >= 0.3 is 0 Å². The first-order chi connectivity index (χ1) is 12.7. The molecule has 0 aromatic heterocycles. The Morgan fingerprint density at radius 1 is 1.15 bits per heavy atom. The molecule has 5 heteroatoms. The van der Waals surface area contributed by atoms with Crippen molar-refractivity contribution in [2.75, 3.05) is 20.3 Å². The minimum atomic E-state index is -0.468. The van der Waals surface area contributed by atoms with E-state index < -0.39 is 5.91 Å². The molecule has 2 aromatic carbocycles. The molecule has 1 fully saturated rings. The molecule has 2 N–H and O–H groups in total. The summed E-state index contributed by atoms with van der Waals surface area (Å²) >= 11 is 0. The Morgan fingerprint density at radius 3 is 2.77 bits per heavy atom. The minimum absolute atomic E-state index is 0.0976. The zero-order valence-corrected chi connectivity index (χ0v) is 15.2. The number of piperidine rings is 1. The van der Waals surface area contributed by atoms with E-state index in [0.717, 1.165) is 25.3 Å². The summed E-state index contributed by atoms with van der Waals surface area (Å²) < 4.78 is 10.8. The number of primary amides is 1. The van der Waals surface area contributed by atoms with Gasteiger partial charge in [0.25, 0.3) is 5.91 Å². The first-order valence-electron chi connectivity index (χ1n) is 9.04. The Kier molecular flexibility index (Phi) is 6.12. The molecule has 1 heterocycles. The quantitative estimate of drug-likeness (QED) is 0.829. The highest BCUT2D eigenvalue weighted by Gasteiger charge is 2.24. The number of nitrogens with zero attached hydrogens (tertiary/aromatic N) is 1. The van der Waals surface area contributed by atoms with Gasteiger partial charge in [-0.15, -0.1) is 0 Å². The summed E-state index contributed by atoms with van der Waals surface area (Å²) in [5.74, 6) is 1.11. The third-order valence-electron chi connectivity index (χ3n) is 4.76. The molecule has 138 valence electrons. The van der Waals surface area contributed by atoms with Crippen molar-refractivity contribution in [1.29, 1.82) is 0 Å². The molecule has 1 unspecified atom stereocenters. The highest BCUT2D eigenvalue weighted by Crippen LogP contribution is 2.33. The molecule has 1 atom stereocenters. The largest absolute Gasteiger partial charge is 0.497 e. The van der Waals surface area contributed by atoms with E-state index in [1.807, 2.05) is 24.3 Å². The third kappa shape index (κ3) is 4.76. The summed E-state index contributed by atoms with van der Waals surface area (Å²) in [4.78, 5) is 13.4. The molecule has 1 aliphatic rings. The normalized spacial score (nSPS) is 17.7. The van der Waals surface area contributed by atoms with E-state index in [-0.39, 0.29) is 6.61 Å². The van der Waals surface area contributed by atoms with Crippen LogP contribution >= 0.6 is 0 Å². The summed E-state index contributed by atoms with van der Waals surface area (Å²) in [6.07, 6.45) is 3.59. The summed E-state index contributed by atoms with van der Waals surface area (Å²) in [5.41, 5.74) is 7.62. The van der Waals surface area contributed by atoms with Gasteiger partial charge in [0.1, 0.15) is 11.5 Å². The van der Waals surface area contributed by atoms with Gasteiger partial charge in [-0.2, -0.15) is 0 Å². The molecule has 2 aromatic rings. The molecule has 0 aliphatic carbocycles. The molecule has 1 aliphatic heterocycles. The first-order valence-corrected chi connectivity index (χ1v) is 9.04. The molecule has 0 spiro atoms. The lowest BCUT2D eigenvalue weighted by Gasteiger charge is -2.36. The van der Waals surface area contributed by atoms with Crippen LogP contribution < -0.4 is 15.2 Å². The maximum Gasteiger partial charge on any atom is 0.255 e. The number of rotatable bonds is 7. The van der Waals surface area contributed by atoms with E-state index in [1.165, 1.54) is 24.0 Å². The molecule has 0 bridgehead atoms. The lowest BCUT2D eigenvalue weighted by atomic mass is 9.94. The SMILES string of the molecule is COc1cccc(C2CCCCN2Cc2cccc(OCC(N)=O)c2)c1. The molecular formula is C21H26N2O3. The van der Waals surface area contributed by atoms with Crippen molar-refractivity contribution in [3.8, 4) is 11.5 Å². The zero-order valence-electron chi connectivity index (χ0n) is 15.2. The molecule has 26 heavy (non-hydrogen) atoms. The average molecular weight is 354 g/mol. The predicted octanol–water partition coefficient (Wildman–Crippen LogP) is 3.29. The van der Waals surface area contributed by atoms with Crippen molar-refractivity contribution in [3.05, 3.63) is 59.7 Å². The zero-order chi connectivity index (χ0) is 18.4. The Hall–Kier alpha value is -2.53. The summed E-state index contributed by atoms with van der Waals surface area (Å²) in [5, 5.41) is 0. The van der Waals surface area contributed by atoms with Crippen LogP contribution in [0.1, 0.15) is 36.4 Å². The second kappa shape index (κ2) is 8.72. The van der Waals surface area contributed by atoms with Crippen molar-refractivity contribution < 1.29 is 14.3 Å². The Bertz CT molecular complexity index is 748. The van der Waals surface area contributed by atoms with Gasteiger partial charge in [-0.1, -0.05) is 30.7 Å². The number of hydrogen-bond acceptors (Lipinski definition) is 4. The minimum Gasteiger partial charge on any atom is -0.497 e. The van der Waals surface area contributed by atoms with Crippen LogP contribution in [0.4, 0.5) is 0 Å². The molecular weight excluding hydrogens is 328 g/mol. The molecule has 5 nitrogen and oxygen atoms in total. The first kappa shape index (κ1) is 18.3. The van der Waals surface area contributed by atoms with Crippen molar-refractivity contribution in [3.63, 3.8) is 0 Å². The lowest BCUT2D eigenvalue weighted by molar-refractivity contribution is -0.119. The summed E-state index contributed by atoms with van der Waals surface area (Å²) in [7, 11) is 1.70. The smallest absolute Gasteiger partial charge is 0.255 e. The fraction of sp³-hybridized carbons (Fsp3) is 0.381. The van der Waals surface area contributed by atoms with E-state index in [1.54, 1.807) is 7.11 Å². The van der Waals surface area contributed by atoms with Crippen molar-refractivity contribution in [2.45, 2.75) is 31.8 Å². The topological polar surface area (TPSA) is 64.8 Å². The maximum absolute atomic E-state index is 10.9. The van der Waals surface area contributed by atoms with Gasteiger partial charge in [0, 0.05) is 12.6 Å². The Balaban J connectivity index is 1.74. The lowest BCUT2D eigenvalue weighted by Crippen LogP contribution is -2.32. The van der Waals surface area contributed by atoms with Gasteiger partial charge in [-0.25, -0.2) is 0 Å². The van der Waals surface area contributed by atoms with Gasteiger partial charge in [0.05, 0.1) is 7.11 Å². The van der Waals surface area contributed by atoms with Crippen molar-refractivity contribution >= 4 is 5.91 Å². The van der Waals surface area contributed by atoms with E-state index in [2.05, 4.69) is 29.2 Å². The van der Waals surface area contributed by atoms with Crippen LogP contribution in [0.3, 0.4) is 0 Å². The van der Waals surface area contributed by atoms with Crippen LogP contribution in [0, 0.1) is 0 Å². The van der Waals surface area contributed by atoms with Gasteiger partial charge in [0.15, 0.2) is 6.61 Å². The number of likely N-dealkylation sites (tertiary alicyclic amines) is 1. The van der Waals surface area contributed by atoms with Crippen molar-refractivity contribution in [2.24, 2.45) is 5.73 Å². The number of ether oxygens (including phenoxy) is 2. The van der Waals surface area contributed by atoms with E-state index in [4.69, 9.17) is 15.2 Å². The second-order valence-electron chi connectivity index (χ2n) is 6.66. The molecule has 0 saturated carbocycles. The number of hydrogen-bond donors (Lipinski definition) is 1. The maximum atomic E-state index is 10.9. The number of nitrogens with two attached hydrogens (primary N) is 1. The highest BCUT2D eigenvalue weighted by molar-refractivity contribution is 5.75. The van der Waals surface area contributed by atoms with E-state index in [9.17, 15) is 4.79 Å². The van der Waals surface area contributed by atoms with Gasteiger partial charge in [0.2, 0.25) is 0 Å². The molecule has 1 amide bonds. The van der Waals surface area contributed by atoms with E-state index in [0.29, 0.717) is 11.8 Å². The Labute approximate surface area is 154 Å². The number of benzene rings is 2. The van der Waals surface area contributed by atoms with Gasteiger partial charge in [-0.3, -0.25) is 9.69 Å². The van der Waals surface area contributed by atoms with Crippen LogP contribution in [0.25, 0.3) is 0 Å². The standard InChI is InChI=1S/C21H26N2O3/c1-25-18-8-5-7-17(13-18)20-10-2-3-11-23(20)14-16-6-4-9-19(12-16)26-15-21(22)24/h4-9,12-13,20H,2-3,10-11,14-15H2,1H3,(H2,22,24). The fourth-order valence-electron chi connectivity index (χ4n) is 3.53. The summed E-state index contributed by atoms with van der Waals surface area (Å²) in [6.45, 7) is 1.81. The van der Waals surface area contributed by atoms with Crippen molar-refractivity contribution in [1.82, 2.24) is 4.90 Å². The molecule has 1 saturated heterocycles. The van der Waals surface area contributed by atoms with Crippen LogP contribution in [0.5, 0.6) is 11.5 Å². The van der Waals surface area contributed by atoms with Crippen LogP contribution in [-0.4, -0.2) is 31.1 Å². The average Bonchev–Trinajstić information content (AvgIpc) is 2.67. The van der Waals surface area contributed by atoms with Crippen LogP contribution in [0.2, 0.25) is 0 Å². The van der Waals surface area contributed by atoms with Crippen LogP contribution in [0.15, 0.2) is 48.5 Å². The Morgan fingerprint density at radius 2 is 1.96 bits per heavy atom. The molecule has 0 radical (unpaired) electrons. The van der Waals surface area contributed by atoms with Gasteiger partial charge in [-0.05, 0) is 54.8 Å². The molecule has 3 rings (SSSR count). The fourth-order valence-corrected chi connectivity index (χ4v) is 3.53. The monoisotopic (exact) mass is 354 g/mol. The number of amides is 1. The van der Waals surface area contributed by atoms with E-state index >= 15 is 0 Å². The van der Waals surface area contributed by atoms with Crippen LogP contribution in [-0.2, 0) is 11.3 Å². The number of carbonyl (C=O) groups is 1. The number of carbonyl (C=O) groups excluding carboxylic acids is 1.